The van der Waals surface area contributed by atoms with E-state index in [0.717, 1.165) is 24.7 Å². The first-order valence-electron chi connectivity index (χ1n) is 12.3. The summed E-state index contributed by atoms with van der Waals surface area (Å²) in [6.07, 6.45) is 2.64. The second-order valence-electron chi connectivity index (χ2n) is 10.1. The minimum Gasteiger partial charge on any atom is -0.492 e. The molecule has 3 aromatic carbocycles. The zero-order valence-electron chi connectivity index (χ0n) is 20.1. The molecular formula is C30H35NO2. The van der Waals surface area contributed by atoms with Crippen molar-refractivity contribution < 1.29 is 9.47 Å². The van der Waals surface area contributed by atoms with Crippen LogP contribution in [-0.2, 0) is 0 Å². The van der Waals surface area contributed by atoms with Crippen LogP contribution >= 0.6 is 0 Å². The normalized spacial score (nSPS) is 21.9. The van der Waals surface area contributed by atoms with Crippen LogP contribution in [0.25, 0.3) is 0 Å². The number of nitrogens with zero attached hydrogens (tertiary/aromatic N) is 1. The number of hydrogen-bond acceptors (Lipinski definition) is 3. The summed E-state index contributed by atoms with van der Waals surface area (Å²) >= 11 is 0. The summed E-state index contributed by atoms with van der Waals surface area (Å²) in [5, 5.41) is 0. The summed E-state index contributed by atoms with van der Waals surface area (Å²) in [4.78, 5) is 2.49. The Morgan fingerprint density at radius 2 is 1.64 bits per heavy atom. The molecule has 0 N–H and O–H groups in total. The zero-order valence-corrected chi connectivity index (χ0v) is 20.1. The molecule has 3 nitrogen and oxygen atoms in total. The third-order valence-electron chi connectivity index (χ3n) is 7.23. The smallest absolute Gasteiger partial charge is 0.124 e. The van der Waals surface area contributed by atoms with Crippen LogP contribution in [0.3, 0.4) is 0 Å². The Kier molecular flexibility index (Phi) is 6.16. The monoisotopic (exact) mass is 441 g/mol. The Balaban J connectivity index is 1.45. The molecule has 1 fully saturated rings. The molecule has 3 aromatic rings. The molecule has 0 radical (unpaired) electrons. The van der Waals surface area contributed by atoms with Crippen molar-refractivity contribution in [3.63, 3.8) is 0 Å². The van der Waals surface area contributed by atoms with Crippen molar-refractivity contribution in [2.45, 2.75) is 51.0 Å². The van der Waals surface area contributed by atoms with Crippen LogP contribution in [0.1, 0.15) is 60.8 Å². The molecule has 2 atom stereocenters. The van der Waals surface area contributed by atoms with Gasteiger partial charge in [0.15, 0.2) is 0 Å². The van der Waals surface area contributed by atoms with Gasteiger partial charge in [-0.15, -0.1) is 0 Å². The van der Waals surface area contributed by atoms with Gasteiger partial charge in [-0.25, -0.2) is 0 Å². The van der Waals surface area contributed by atoms with Gasteiger partial charge < -0.3 is 9.47 Å². The van der Waals surface area contributed by atoms with Crippen LogP contribution in [0.5, 0.6) is 11.5 Å². The maximum atomic E-state index is 6.62. The van der Waals surface area contributed by atoms with Crippen LogP contribution in [-0.4, -0.2) is 36.7 Å². The van der Waals surface area contributed by atoms with Gasteiger partial charge in [0.1, 0.15) is 23.7 Å². The third-order valence-corrected chi connectivity index (χ3v) is 7.23. The van der Waals surface area contributed by atoms with E-state index in [2.05, 4.69) is 98.5 Å². The van der Waals surface area contributed by atoms with E-state index in [1.54, 1.807) is 0 Å². The van der Waals surface area contributed by atoms with Crippen LogP contribution in [0.4, 0.5) is 0 Å². The second kappa shape index (κ2) is 9.23. The molecule has 172 valence electrons. The van der Waals surface area contributed by atoms with Gasteiger partial charge in [0.05, 0.1) is 0 Å². The van der Waals surface area contributed by atoms with Crippen molar-refractivity contribution in [3.05, 3.63) is 95.1 Å². The van der Waals surface area contributed by atoms with Gasteiger partial charge in [-0.3, -0.25) is 4.90 Å². The lowest BCUT2D eigenvalue weighted by Gasteiger charge is -2.45. The summed E-state index contributed by atoms with van der Waals surface area (Å²) in [5.41, 5.74) is 4.76. The third kappa shape index (κ3) is 4.65. The van der Waals surface area contributed by atoms with Gasteiger partial charge in [0, 0.05) is 23.9 Å². The van der Waals surface area contributed by atoms with Crippen LogP contribution in [0.2, 0.25) is 0 Å². The average Bonchev–Trinajstić information content (AvgIpc) is 3.32. The Hall–Kier alpha value is -2.78. The molecule has 2 heterocycles. The van der Waals surface area contributed by atoms with Gasteiger partial charge >= 0.3 is 0 Å². The van der Waals surface area contributed by atoms with Gasteiger partial charge in [-0.05, 0) is 81.6 Å². The molecular weight excluding hydrogens is 406 g/mol. The Labute approximate surface area is 198 Å². The summed E-state index contributed by atoms with van der Waals surface area (Å²) in [7, 11) is 0. The topological polar surface area (TPSA) is 21.7 Å². The fraction of sp³-hybridized carbons (Fsp3) is 0.400. The highest BCUT2D eigenvalue weighted by molar-refractivity contribution is 5.51. The van der Waals surface area contributed by atoms with E-state index in [9.17, 15) is 0 Å². The van der Waals surface area contributed by atoms with Gasteiger partial charge in [0.2, 0.25) is 0 Å². The summed E-state index contributed by atoms with van der Waals surface area (Å²) in [5.74, 6) is 2.37. The Bertz CT molecular complexity index is 1070. The molecule has 0 amide bonds. The lowest BCUT2D eigenvalue weighted by Crippen LogP contribution is -2.43. The van der Waals surface area contributed by atoms with E-state index in [4.69, 9.17) is 9.47 Å². The number of benzene rings is 3. The fourth-order valence-electron chi connectivity index (χ4n) is 5.61. The standard InChI is InChI=1S/C30H35NO2/c1-22-11-16-26-27(21-22)33-30(2,3)29(24-9-5-4-6-10-24)28(26)23-12-14-25(15-13-23)32-20-19-31-17-7-8-18-31/h4-6,9-16,21,28-29H,7-8,17-20H2,1-3H3. The summed E-state index contributed by atoms with van der Waals surface area (Å²) < 4.78 is 12.7. The minimum atomic E-state index is -0.336. The van der Waals surface area contributed by atoms with E-state index >= 15 is 0 Å². The molecule has 0 aromatic heterocycles. The van der Waals surface area contributed by atoms with E-state index in [-0.39, 0.29) is 17.4 Å². The maximum absolute atomic E-state index is 6.62. The predicted octanol–water partition coefficient (Wildman–Crippen LogP) is 6.56. The van der Waals surface area contributed by atoms with Gasteiger partial charge in [0.25, 0.3) is 0 Å². The molecule has 33 heavy (non-hydrogen) atoms. The van der Waals surface area contributed by atoms with Crippen LogP contribution < -0.4 is 9.47 Å². The average molecular weight is 442 g/mol. The molecule has 0 bridgehead atoms. The van der Waals surface area contributed by atoms with E-state index < -0.39 is 0 Å². The highest BCUT2D eigenvalue weighted by atomic mass is 16.5. The van der Waals surface area contributed by atoms with E-state index in [1.165, 1.54) is 48.2 Å². The number of hydrogen-bond donors (Lipinski definition) is 0. The quantitative estimate of drug-likeness (QED) is 0.433. The maximum Gasteiger partial charge on any atom is 0.124 e. The summed E-state index contributed by atoms with van der Waals surface area (Å²) in [6, 6.07) is 26.2. The number of ether oxygens (including phenoxy) is 2. The molecule has 0 saturated carbocycles. The van der Waals surface area contributed by atoms with Crippen molar-refractivity contribution >= 4 is 0 Å². The largest absolute Gasteiger partial charge is 0.492 e. The Morgan fingerprint density at radius 3 is 2.36 bits per heavy atom. The van der Waals surface area contributed by atoms with Crippen molar-refractivity contribution in [1.82, 2.24) is 4.90 Å². The molecule has 1 saturated heterocycles. The van der Waals surface area contributed by atoms with Gasteiger partial charge in [-0.2, -0.15) is 0 Å². The highest BCUT2D eigenvalue weighted by Gasteiger charge is 2.45. The number of rotatable bonds is 6. The van der Waals surface area contributed by atoms with E-state index in [1.807, 2.05) is 0 Å². The van der Waals surface area contributed by atoms with Gasteiger partial charge in [-0.1, -0.05) is 54.6 Å². The lowest BCUT2D eigenvalue weighted by molar-refractivity contribution is 0.0530. The van der Waals surface area contributed by atoms with Crippen molar-refractivity contribution in [3.8, 4) is 11.5 Å². The molecule has 3 heteroatoms. The first-order valence-corrected chi connectivity index (χ1v) is 12.3. The minimum absolute atomic E-state index is 0.204. The molecule has 0 aliphatic carbocycles. The summed E-state index contributed by atoms with van der Waals surface area (Å²) in [6.45, 7) is 10.8. The highest BCUT2D eigenvalue weighted by Crippen LogP contribution is 2.53. The number of aryl methyl sites for hydroxylation is 1. The lowest BCUT2D eigenvalue weighted by atomic mass is 9.68. The van der Waals surface area contributed by atoms with Crippen molar-refractivity contribution in [2.24, 2.45) is 0 Å². The molecule has 2 aliphatic rings. The first kappa shape index (κ1) is 22.0. The molecule has 2 aliphatic heterocycles. The number of fused-ring (bicyclic) bond motifs is 1. The van der Waals surface area contributed by atoms with Crippen LogP contribution in [0.15, 0.2) is 72.8 Å². The SMILES string of the molecule is Cc1ccc2c(c1)OC(C)(C)C(c1ccccc1)C2c1ccc(OCCN2CCCC2)cc1. The van der Waals surface area contributed by atoms with E-state index in [0.29, 0.717) is 0 Å². The molecule has 2 unspecified atom stereocenters. The van der Waals surface area contributed by atoms with Crippen molar-refractivity contribution in [2.75, 3.05) is 26.2 Å². The zero-order chi connectivity index (χ0) is 22.8. The first-order chi connectivity index (χ1) is 16.0. The molecule has 0 spiro atoms. The second-order valence-corrected chi connectivity index (χ2v) is 10.1. The predicted molar refractivity (Wildman–Crippen MR) is 135 cm³/mol. The molecule has 5 rings (SSSR count). The number of likely N-dealkylation sites (tertiary alicyclic amines) is 1. The Morgan fingerprint density at radius 1 is 0.909 bits per heavy atom. The fourth-order valence-corrected chi connectivity index (χ4v) is 5.61. The van der Waals surface area contributed by atoms with Crippen LogP contribution in [0, 0.1) is 6.92 Å². The van der Waals surface area contributed by atoms with Crippen molar-refractivity contribution in [1.29, 1.82) is 0 Å².